The van der Waals surface area contributed by atoms with Crippen LogP contribution in [0.1, 0.15) is 31.9 Å². The third-order valence-electron chi connectivity index (χ3n) is 5.41. The lowest BCUT2D eigenvalue weighted by Crippen LogP contribution is -2.10. The van der Waals surface area contributed by atoms with Crippen LogP contribution in [0.2, 0.25) is 0 Å². The number of benzene rings is 3. The highest BCUT2D eigenvalue weighted by molar-refractivity contribution is 6.33. The summed E-state index contributed by atoms with van der Waals surface area (Å²) in [6.45, 7) is 8.94. The Balaban J connectivity index is 1.97. The third-order valence-corrected chi connectivity index (χ3v) is 5.41. The number of rotatable bonds is 1. The van der Waals surface area contributed by atoms with Crippen LogP contribution in [0.5, 0.6) is 0 Å². The fraction of sp³-hybridized carbons (Fsp3) is 0.208. The number of hydrogen-bond acceptors (Lipinski definition) is 1. The molecule has 0 atom stereocenters. The Labute approximate surface area is 156 Å². The molecule has 0 bridgehead atoms. The van der Waals surface area contributed by atoms with Crippen LogP contribution >= 0.6 is 0 Å². The Bertz CT molecular complexity index is 1140. The number of aryl methyl sites for hydroxylation is 1. The fourth-order valence-electron chi connectivity index (χ4n) is 3.58. The second-order valence-electron chi connectivity index (χ2n) is 8.31. The van der Waals surface area contributed by atoms with E-state index in [-0.39, 0.29) is 5.41 Å². The molecule has 0 aliphatic carbocycles. The van der Waals surface area contributed by atoms with E-state index in [1.165, 1.54) is 43.7 Å². The van der Waals surface area contributed by atoms with Crippen molar-refractivity contribution in [3.05, 3.63) is 71.9 Å². The molecule has 0 saturated heterocycles. The van der Waals surface area contributed by atoms with Gasteiger partial charge in [-0.2, -0.15) is 0 Å². The van der Waals surface area contributed by atoms with Gasteiger partial charge in [0, 0.05) is 17.1 Å². The van der Waals surface area contributed by atoms with Crippen molar-refractivity contribution in [3.8, 4) is 11.3 Å². The average molecular weight is 337 g/mol. The topological polar surface area (TPSA) is 12.9 Å². The molecule has 128 valence electrons. The van der Waals surface area contributed by atoms with Crippen molar-refractivity contribution in [1.82, 2.24) is 4.98 Å². The van der Waals surface area contributed by atoms with E-state index >= 15 is 0 Å². The van der Waals surface area contributed by atoms with Gasteiger partial charge in [-0.3, -0.25) is 4.98 Å². The Hall–Kier alpha value is -2.61. The number of fused-ring (bicyclic) bond motifs is 3. The number of nitrogens with zero attached hydrogens (tertiary/aromatic N) is 1. The predicted molar refractivity (Wildman–Crippen MR) is 116 cm³/mol. The standard InChI is InChI=1S/C24H24BN/c1-15-13-17(6-10-22(15)25)23-21-8-5-16-14-18(24(2,3)4)7-9-19(16)20(21)11-12-26-23/h5-14H,25H2,1-4H3. The summed E-state index contributed by atoms with van der Waals surface area (Å²) in [7, 11) is 2.15. The predicted octanol–water partition coefficient (Wildman–Crippen LogP) is 4.92. The van der Waals surface area contributed by atoms with Gasteiger partial charge in [0.25, 0.3) is 0 Å². The zero-order valence-corrected chi connectivity index (χ0v) is 16.2. The average Bonchev–Trinajstić information content (AvgIpc) is 2.62. The van der Waals surface area contributed by atoms with E-state index in [1.807, 2.05) is 6.20 Å². The first-order valence-electron chi connectivity index (χ1n) is 9.24. The van der Waals surface area contributed by atoms with Crippen molar-refractivity contribution in [3.63, 3.8) is 0 Å². The van der Waals surface area contributed by atoms with E-state index in [0.29, 0.717) is 0 Å². The molecule has 0 aliphatic rings. The maximum absolute atomic E-state index is 4.71. The Morgan fingerprint density at radius 2 is 1.58 bits per heavy atom. The molecule has 1 nitrogen and oxygen atoms in total. The van der Waals surface area contributed by atoms with Gasteiger partial charge in [-0.25, -0.2) is 0 Å². The Morgan fingerprint density at radius 3 is 2.31 bits per heavy atom. The minimum Gasteiger partial charge on any atom is -0.256 e. The van der Waals surface area contributed by atoms with Crippen molar-refractivity contribution in [1.29, 1.82) is 0 Å². The van der Waals surface area contributed by atoms with E-state index in [9.17, 15) is 0 Å². The third kappa shape index (κ3) is 2.80. The first kappa shape index (κ1) is 16.8. The lowest BCUT2D eigenvalue weighted by molar-refractivity contribution is 0.591. The Morgan fingerprint density at radius 1 is 0.808 bits per heavy atom. The second kappa shape index (κ2) is 5.98. The number of pyridine rings is 1. The Kier molecular flexibility index (Phi) is 3.88. The van der Waals surface area contributed by atoms with Crippen LogP contribution in [0.4, 0.5) is 0 Å². The highest BCUT2D eigenvalue weighted by Gasteiger charge is 2.15. The highest BCUT2D eigenvalue weighted by Crippen LogP contribution is 2.34. The molecule has 0 fully saturated rings. The molecule has 1 aromatic heterocycles. The molecule has 3 aromatic carbocycles. The molecule has 1 heterocycles. The molecule has 2 heteroatoms. The largest absolute Gasteiger partial charge is 0.256 e. The van der Waals surface area contributed by atoms with E-state index in [0.717, 1.165) is 5.69 Å². The van der Waals surface area contributed by atoms with Gasteiger partial charge < -0.3 is 0 Å². The lowest BCUT2D eigenvalue weighted by Gasteiger charge is -2.20. The monoisotopic (exact) mass is 337 g/mol. The summed E-state index contributed by atoms with van der Waals surface area (Å²) in [5, 5.41) is 5.07. The molecule has 0 unspecified atom stereocenters. The van der Waals surface area contributed by atoms with Gasteiger partial charge in [0.1, 0.15) is 7.85 Å². The van der Waals surface area contributed by atoms with Crippen molar-refractivity contribution < 1.29 is 0 Å². The molecule has 4 rings (SSSR count). The summed E-state index contributed by atoms with van der Waals surface area (Å²) in [6.07, 6.45) is 1.93. The summed E-state index contributed by atoms with van der Waals surface area (Å²) in [4.78, 5) is 4.71. The minimum atomic E-state index is 0.159. The second-order valence-corrected chi connectivity index (χ2v) is 8.31. The van der Waals surface area contributed by atoms with E-state index < -0.39 is 0 Å². The zero-order chi connectivity index (χ0) is 18.5. The van der Waals surface area contributed by atoms with Gasteiger partial charge in [0.2, 0.25) is 0 Å². The van der Waals surface area contributed by atoms with Gasteiger partial charge in [-0.05, 0) is 40.1 Å². The van der Waals surface area contributed by atoms with Crippen LogP contribution in [0, 0.1) is 6.92 Å². The van der Waals surface area contributed by atoms with Gasteiger partial charge in [0.15, 0.2) is 0 Å². The van der Waals surface area contributed by atoms with Gasteiger partial charge >= 0.3 is 0 Å². The van der Waals surface area contributed by atoms with Crippen molar-refractivity contribution in [2.75, 3.05) is 0 Å². The molecule has 0 aliphatic heterocycles. The quantitative estimate of drug-likeness (QED) is 0.355. The van der Waals surface area contributed by atoms with Crippen LogP contribution < -0.4 is 5.46 Å². The normalized spacial score (nSPS) is 12.0. The minimum absolute atomic E-state index is 0.159. The molecule has 0 radical (unpaired) electrons. The molecule has 0 spiro atoms. The van der Waals surface area contributed by atoms with Gasteiger partial charge in [-0.1, -0.05) is 80.3 Å². The van der Waals surface area contributed by atoms with Crippen molar-refractivity contribution >= 4 is 34.9 Å². The fourth-order valence-corrected chi connectivity index (χ4v) is 3.58. The van der Waals surface area contributed by atoms with E-state index in [1.54, 1.807) is 0 Å². The molecule has 26 heavy (non-hydrogen) atoms. The zero-order valence-electron chi connectivity index (χ0n) is 16.2. The van der Waals surface area contributed by atoms with Crippen molar-refractivity contribution in [2.24, 2.45) is 0 Å². The molecular weight excluding hydrogens is 313 g/mol. The number of aromatic nitrogens is 1. The molecule has 0 N–H and O–H groups in total. The summed E-state index contributed by atoms with van der Waals surface area (Å²) in [5.74, 6) is 0. The van der Waals surface area contributed by atoms with Crippen LogP contribution in [0.15, 0.2) is 60.8 Å². The molecule has 0 saturated carbocycles. The van der Waals surface area contributed by atoms with Gasteiger partial charge in [0.05, 0.1) is 5.69 Å². The highest BCUT2D eigenvalue weighted by atomic mass is 14.7. The van der Waals surface area contributed by atoms with Crippen LogP contribution in [-0.4, -0.2) is 12.8 Å². The first-order valence-corrected chi connectivity index (χ1v) is 9.24. The number of hydrogen-bond donors (Lipinski definition) is 0. The molecule has 0 amide bonds. The maximum Gasteiger partial charge on any atom is 0.139 e. The summed E-state index contributed by atoms with van der Waals surface area (Å²) in [5.41, 5.74) is 6.39. The van der Waals surface area contributed by atoms with Crippen molar-refractivity contribution in [2.45, 2.75) is 33.1 Å². The van der Waals surface area contributed by atoms with Crippen LogP contribution in [-0.2, 0) is 5.41 Å². The van der Waals surface area contributed by atoms with Crippen LogP contribution in [0.3, 0.4) is 0 Å². The van der Waals surface area contributed by atoms with E-state index in [4.69, 9.17) is 4.98 Å². The first-order chi connectivity index (χ1) is 12.3. The summed E-state index contributed by atoms with van der Waals surface area (Å²) in [6, 6.07) is 20.0. The van der Waals surface area contributed by atoms with Gasteiger partial charge in [-0.15, -0.1) is 0 Å². The van der Waals surface area contributed by atoms with Crippen LogP contribution in [0.25, 0.3) is 32.8 Å². The maximum atomic E-state index is 4.71. The van der Waals surface area contributed by atoms with E-state index in [2.05, 4.69) is 90.1 Å². The smallest absolute Gasteiger partial charge is 0.139 e. The molecular formula is C24H24BN. The molecule has 4 aromatic rings. The summed E-state index contributed by atoms with van der Waals surface area (Å²) >= 11 is 0. The summed E-state index contributed by atoms with van der Waals surface area (Å²) < 4.78 is 0. The lowest BCUT2D eigenvalue weighted by atomic mass is 9.85. The SMILES string of the molecule is Bc1ccc(-c2nccc3c2ccc2cc(C(C)(C)C)ccc23)cc1C.